The van der Waals surface area contributed by atoms with Crippen LogP contribution < -0.4 is 16.1 Å². The molecule has 0 saturated carbocycles. The Bertz CT molecular complexity index is 2720. The number of fused-ring (bicyclic) bond motifs is 3. The van der Waals surface area contributed by atoms with Crippen LogP contribution in [0.1, 0.15) is 77.1 Å². The fraction of sp³-hybridized carbons (Fsp3) is 0.400. The van der Waals surface area contributed by atoms with Gasteiger partial charge in [0, 0.05) is 13.1 Å². The van der Waals surface area contributed by atoms with Gasteiger partial charge >= 0.3 is 12.2 Å². The van der Waals surface area contributed by atoms with E-state index < -0.39 is 24.3 Å². The van der Waals surface area contributed by atoms with Crippen LogP contribution in [0.25, 0.3) is 55.3 Å². The topological polar surface area (TPSA) is 205 Å². The van der Waals surface area contributed by atoms with E-state index >= 15 is 0 Å². The molecular formula is C45H50N8O8. The summed E-state index contributed by atoms with van der Waals surface area (Å²) in [5.41, 5.74) is 6.03. The van der Waals surface area contributed by atoms with Crippen molar-refractivity contribution in [1.82, 2.24) is 40.4 Å². The Balaban J connectivity index is 1.02. The molecule has 6 aromatic rings. The molecule has 0 bridgehead atoms. The molecule has 5 heterocycles. The van der Waals surface area contributed by atoms with Gasteiger partial charge in [-0.05, 0) is 90.6 Å². The lowest BCUT2D eigenvalue weighted by molar-refractivity contribution is -0.136. The molecule has 0 spiro atoms. The van der Waals surface area contributed by atoms with E-state index in [1.54, 1.807) is 15.9 Å². The van der Waals surface area contributed by atoms with Crippen molar-refractivity contribution in [3.63, 3.8) is 0 Å². The molecule has 2 aliphatic heterocycles. The Hall–Kier alpha value is -6.71. The minimum absolute atomic E-state index is 0.137. The summed E-state index contributed by atoms with van der Waals surface area (Å²) in [4.78, 5) is 85.4. The number of hydrogen-bond acceptors (Lipinski definition) is 10. The number of nitrogens with zero attached hydrogens (tertiary/aromatic N) is 4. The summed E-state index contributed by atoms with van der Waals surface area (Å²) in [5, 5.41) is 5.80. The van der Waals surface area contributed by atoms with Crippen molar-refractivity contribution < 1.29 is 33.1 Å². The maximum absolute atomic E-state index is 14.0. The van der Waals surface area contributed by atoms with Crippen molar-refractivity contribution >= 4 is 57.0 Å². The monoisotopic (exact) mass is 830 g/mol. The predicted molar refractivity (Wildman–Crippen MR) is 228 cm³/mol. The first kappa shape index (κ1) is 41.0. The summed E-state index contributed by atoms with van der Waals surface area (Å²) in [5.74, 6) is 0.676. The van der Waals surface area contributed by atoms with Crippen molar-refractivity contribution in [3.05, 3.63) is 82.7 Å². The molecule has 318 valence electrons. The number of ether oxygens (including phenoxy) is 2. The van der Waals surface area contributed by atoms with Gasteiger partial charge in [0.25, 0.3) is 0 Å². The smallest absolute Gasteiger partial charge is 0.407 e. The highest BCUT2D eigenvalue weighted by Crippen LogP contribution is 2.36. The fourth-order valence-corrected chi connectivity index (χ4v) is 8.61. The van der Waals surface area contributed by atoms with E-state index in [1.807, 2.05) is 76.2 Å². The van der Waals surface area contributed by atoms with Gasteiger partial charge < -0.3 is 44.3 Å². The van der Waals surface area contributed by atoms with E-state index in [0.29, 0.717) is 58.8 Å². The first-order valence-electron chi connectivity index (χ1n) is 20.7. The summed E-state index contributed by atoms with van der Waals surface area (Å²) in [6, 6.07) is 14.9. The highest BCUT2D eigenvalue weighted by atomic mass is 16.5. The number of methoxy groups -OCH3 is 2. The van der Waals surface area contributed by atoms with Crippen LogP contribution in [0.4, 0.5) is 9.59 Å². The first-order valence-corrected chi connectivity index (χ1v) is 20.7. The van der Waals surface area contributed by atoms with Crippen LogP contribution in [0.5, 0.6) is 0 Å². The van der Waals surface area contributed by atoms with Gasteiger partial charge in [0.2, 0.25) is 11.8 Å². The van der Waals surface area contributed by atoms with E-state index in [9.17, 15) is 24.0 Å². The highest BCUT2D eigenvalue weighted by Gasteiger charge is 2.39. The molecule has 3 aromatic heterocycles. The van der Waals surface area contributed by atoms with Gasteiger partial charge in [0.1, 0.15) is 35.6 Å². The van der Waals surface area contributed by atoms with Crippen LogP contribution in [0, 0.1) is 11.8 Å². The number of carbonyl (C=O) groups excluding carboxylic acids is 4. The third-order valence-electron chi connectivity index (χ3n) is 11.9. The largest absolute Gasteiger partial charge is 0.463 e. The Morgan fingerprint density at radius 1 is 0.705 bits per heavy atom. The minimum Gasteiger partial charge on any atom is -0.463 e. The minimum atomic E-state index is -0.739. The molecule has 4 atom stereocenters. The van der Waals surface area contributed by atoms with Gasteiger partial charge in [-0.1, -0.05) is 45.9 Å². The number of hydrogen-bond donors (Lipinski definition) is 4. The molecule has 61 heavy (non-hydrogen) atoms. The van der Waals surface area contributed by atoms with E-state index in [0.717, 1.165) is 46.9 Å². The van der Waals surface area contributed by atoms with Gasteiger partial charge in [0.15, 0.2) is 5.43 Å². The van der Waals surface area contributed by atoms with Gasteiger partial charge in [-0.25, -0.2) is 19.6 Å². The number of benzene rings is 3. The van der Waals surface area contributed by atoms with Crippen molar-refractivity contribution in [3.8, 4) is 22.3 Å². The first-order chi connectivity index (χ1) is 29.3. The van der Waals surface area contributed by atoms with Crippen LogP contribution in [0.2, 0.25) is 0 Å². The van der Waals surface area contributed by atoms with E-state index in [1.165, 1.54) is 20.5 Å². The number of likely N-dealkylation sites (tertiary alicyclic amines) is 2. The van der Waals surface area contributed by atoms with E-state index in [4.69, 9.17) is 23.9 Å². The zero-order chi connectivity index (χ0) is 43.1. The molecule has 2 saturated heterocycles. The molecule has 4 amide bonds. The quantitative estimate of drug-likeness (QED) is 0.112. The Morgan fingerprint density at radius 2 is 1.18 bits per heavy atom. The Labute approximate surface area is 351 Å². The van der Waals surface area contributed by atoms with Crippen molar-refractivity contribution in [1.29, 1.82) is 0 Å². The lowest BCUT2D eigenvalue weighted by atomic mass is 10.0. The maximum atomic E-state index is 14.0. The number of aromatic nitrogens is 4. The van der Waals surface area contributed by atoms with Crippen LogP contribution in [0.15, 0.2) is 70.1 Å². The molecule has 0 radical (unpaired) electrons. The summed E-state index contributed by atoms with van der Waals surface area (Å²) in [6.45, 7) is 8.62. The molecule has 4 N–H and O–H groups in total. The number of carbonyl (C=O) groups is 4. The molecule has 2 aliphatic rings. The fourth-order valence-electron chi connectivity index (χ4n) is 8.61. The van der Waals surface area contributed by atoms with Crippen molar-refractivity contribution in [2.24, 2.45) is 11.8 Å². The molecule has 0 aliphatic carbocycles. The zero-order valence-corrected chi connectivity index (χ0v) is 35.0. The van der Waals surface area contributed by atoms with Gasteiger partial charge in [-0.2, -0.15) is 0 Å². The van der Waals surface area contributed by atoms with E-state index in [-0.39, 0.29) is 41.2 Å². The summed E-state index contributed by atoms with van der Waals surface area (Å²) < 4.78 is 15.6. The lowest BCUT2D eigenvalue weighted by Gasteiger charge is -2.29. The second-order valence-corrected chi connectivity index (χ2v) is 16.5. The number of alkyl carbamates (subject to hydrolysis) is 2. The average Bonchev–Trinajstić information content (AvgIpc) is 4.09. The number of aromatic amines is 2. The molecule has 16 nitrogen and oxygen atoms in total. The van der Waals surface area contributed by atoms with Crippen LogP contribution >= 0.6 is 0 Å². The van der Waals surface area contributed by atoms with Crippen LogP contribution in [-0.2, 0) is 19.1 Å². The van der Waals surface area contributed by atoms with Gasteiger partial charge in [-0.15, -0.1) is 0 Å². The number of imidazole rings is 2. The molecule has 0 unspecified atom stereocenters. The van der Waals surface area contributed by atoms with Gasteiger partial charge in [0.05, 0.1) is 59.3 Å². The number of nitrogens with one attached hydrogen (secondary N) is 4. The predicted octanol–water partition coefficient (Wildman–Crippen LogP) is 6.97. The molecule has 16 heteroatoms. The van der Waals surface area contributed by atoms with Crippen LogP contribution in [-0.4, -0.2) is 93.1 Å². The Morgan fingerprint density at radius 3 is 1.69 bits per heavy atom. The SMILES string of the molecule is COC(=O)N[C@H](C(=O)N1CCC[C@H]1c1nc2ccc(-c3ccc4c(=O)c(-c5ccc6nc([C@@H]7CCCN7C(=O)[C@@H](NC(=O)OC)C(C)C)[nH]c6c5)coc4c3)cc2[nH]1)C(C)C. The third-order valence-corrected chi connectivity index (χ3v) is 11.9. The Kier molecular flexibility index (Phi) is 11.3. The molecule has 2 fully saturated rings. The van der Waals surface area contributed by atoms with Crippen molar-refractivity contribution in [2.75, 3.05) is 27.3 Å². The molecular weight excluding hydrogens is 781 g/mol. The second kappa shape index (κ2) is 16.7. The van der Waals surface area contributed by atoms with E-state index in [2.05, 4.69) is 20.6 Å². The third kappa shape index (κ3) is 7.89. The molecule has 8 rings (SSSR count). The summed E-state index contributed by atoms with van der Waals surface area (Å²) >= 11 is 0. The van der Waals surface area contributed by atoms with Gasteiger partial charge in [-0.3, -0.25) is 14.4 Å². The number of rotatable bonds is 10. The van der Waals surface area contributed by atoms with Crippen molar-refractivity contribution in [2.45, 2.75) is 77.5 Å². The standard InChI is InChI=1S/C45H50N8O8/c1-23(2)37(50-44(57)59-5)42(55)52-17-7-9-34(52)40-46-30-15-12-25(19-32(30)48-40)26-11-14-28-36(21-26)61-22-29(39(28)54)27-13-16-31-33(20-27)49-41(47-31)35-10-8-18-53(35)43(56)38(24(3)4)51-45(58)60-6/h11-16,19-24,34-35,37-38H,7-10,17-18H2,1-6H3,(H,46,48)(H,47,49)(H,50,57)(H,51,58)/t34-,35-,37-,38-/m0/s1. The maximum Gasteiger partial charge on any atom is 0.407 e. The summed E-state index contributed by atoms with van der Waals surface area (Å²) in [7, 11) is 2.55. The average molecular weight is 831 g/mol. The highest BCUT2D eigenvalue weighted by molar-refractivity contribution is 5.91. The zero-order valence-electron chi connectivity index (χ0n) is 35.0. The number of amides is 4. The lowest BCUT2D eigenvalue weighted by Crippen LogP contribution is -2.51. The summed E-state index contributed by atoms with van der Waals surface area (Å²) in [6.07, 6.45) is 3.24. The second-order valence-electron chi connectivity index (χ2n) is 16.5. The normalized spacial score (nSPS) is 17.7. The number of H-pyrrole nitrogens is 2. The van der Waals surface area contributed by atoms with Crippen LogP contribution in [0.3, 0.4) is 0 Å². The molecule has 3 aromatic carbocycles.